The van der Waals surface area contributed by atoms with E-state index < -0.39 is 5.97 Å². The summed E-state index contributed by atoms with van der Waals surface area (Å²) in [6, 6.07) is 7.93. The molecule has 3 nitrogen and oxygen atoms in total. The van der Waals surface area contributed by atoms with Crippen LogP contribution in [0.15, 0.2) is 24.3 Å². The number of aromatic nitrogens is 1. The van der Waals surface area contributed by atoms with Gasteiger partial charge in [-0.05, 0) is 12.5 Å². The quantitative estimate of drug-likeness (QED) is 0.584. The van der Waals surface area contributed by atoms with Crippen LogP contribution in [0.3, 0.4) is 0 Å². The van der Waals surface area contributed by atoms with Crippen molar-refractivity contribution >= 4 is 27.5 Å². The monoisotopic (exact) mass is 292 g/mol. The molecule has 0 radical (unpaired) electrons. The third kappa shape index (κ3) is 3.57. The number of thiazole rings is 1. The van der Waals surface area contributed by atoms with Gasteiger partial charge < -0.3 is 5.11 Å². The minimum absolute atomic E-state index is 0.444. The normalized spacial score (nSPS) is 11.1. The van der Waals surface area contributed by atoms with Crippen LogP contribution in [0.5, 0.6) is 0 Å². The zero-order valence-electron chi connectivity index (χ0n) is 12.0. The molecule has 0 saturated heterocycles. The topological polar surface area (TPSA) is 41.2 Å². The number of para-hydroxylation sites is 1. The summed E-state index contributed by atoms with van der Waals surface area (Å²) in [5.74, 6) is -0.822. The van der Waals surface area contributed by atoms with Crippen LogP contribution in [0, 0.1) is 0 Å². The molecule has 0 fully saturated rings. The van der Waals surface area contributed by atoms with E-state index in [0.717, 1.165) is 23.2 Å². The lowest BCUT2D eigenvalue weighted by Gasteiger charge is -1.99. The van der Waals surface area contributed by atoms with Crippen molar-refractivity contribution in [3.63, 3.8) is 0 Å². The molecule has 1 aromatic carbocycles. The summed E-state index contributed by atoms with van der Waals surface area (Å²) < 4.78 is 3.01. The number of hydrogen-bond donors (Lipinski definition) is 1. The second kappa shape index (κ2) is 7.39. The highest BCUT2D eigenvalue weighted by Crippen LogP contribution is 2.20. The lowest BCUT2D eigenvalue weighted by molar-refractivity contribution is -0.670. The van der Waals surface area contributed by atoms with E-state index in [9.17, 15) is 9.90 Å². The zero-order valence-corrected chi connectivity index (χ0v) is 12.8. The second-order valence-corrected chi connectivity index (χ2v) is 6.13. The van der Waals surface area contributed by atoms with Crippen molar-refractivity contribution in [1.29, 1.82) is 0 Å². The maximum Gasteiger partial charge on any atom is 0.412 e. The summed E-state index contributed by atoms with van der Waals surface area (Å²) in [6.07, 6.45) is 7.32. The molecule has 0 atom stereocenters. The van der Waals surface area contributed by atoms with E-state index in [4.69, 9.17) is 0 Å². The average Bonchev–Trinajstić information content (AvgIpc) is 2.82. The summed E-state index contributed by atoms with van der Waals surface area (Å²) in [5.41, 5.74) is 1.04. The molecule has 2 aromatic rings. The van der Waals surface area contributed by atoms with Gasteiger partial charge in [0.15, 0.2) is 6.54 Å². The Morgan fingerprint density at radius 2 is 1.85 bits per heavy atom. The number of unbranched alkanes of at least 4 members (excludes halogenated alkanes) is 5. The van der Waals surface area contributed by atoms with E-state index >= 15 is 0 Å². The first kappa shape index (κ1) is 15.0. The molecule has 108 valence electrons. The van der Waals surface area contributed by atoms with Crippen LogP contribution in [-0.2, 0) is 6.54 Å². The minimum atomic E-state index is -0.822. The van der Waals surface area contributed by atoms with Crippen LogP contribution in [0.2, 0.25) is 0 Å². The standard InChI is InChI=1S/C16H21NO2S/c1-2-3-4-5-6-9-12-17-13-10-7-8-11-14(13)20-15(17)16(18)19/h7-8,10-11H,2-6,9,12H2,1H3/p+1. The van der Waals surface area contributed by atoms with E-state index in [2.05, 4.69) is 6.92 Å². The van der Waals surface area contributed by atoms with Crippen molar-refractivity contribution in [3.05, 3.63) is 29.3 Å². The Hall–Kier alpha value is -1.42. The first-order valence-electron chi connectivity index (χ1n) is 7.38. The number of carboxylic acid groups (broad SMARTS) is 1. The second-order valence-electron chi connectivity index (χ2n) is 5.10. The van der Waals surface area contributed by atoms with Crippen molar-refractivity contribution < 1.29 is 14.5 Å². The highest BCUT2D eigenvalue weighted by atomic mass is 32.1. The molecule has 1 N–H and O–H groups in total. The number of carboxylic acids is 1. The van der Waals surface area contributed by atoms with Gasteiger partial charge in [-0.2, -0.15) is 4.57 Å². The maximum atomic E-state index is 11.4. The number of aryl methyl sites for hydroxylation is 1. The van der Waals surface area contributed by atoms with Crippen molar-refractivity contribution in [3.8, 4) is 0 Å². The first-order chi connectivity index (χ1) is 9.74. The number of aromatic carboxylic acids is 1. The van der Waals surface area contributed by atoms with Crippen molar-refractivity contribution in [2.45, 2.75) is 52.0 Å². The Kier molecular flexibility index (Phi) is 5.53. The number of benzene rings is 1. The van der Waals surface area contributed by atoms with Gasteiger partial charge in [0.2, 0.25) is 5.52 Å². The van der Waals surface area contributed by atoms with E-state index in [0.29, 0.717) is 5.01 Å². The molecule has 20 heavy (non-hydrogen) atoms. The van der Waals surface area contributed by atoms with Gasteiger partial charge in [0.25, 0.3) is 0 Å². The largest absolute Gasteiger partial charge is 0.473 e. The summed E-state index contributed by atoms with van der Waals surface area (Å²) in [7, 11) is 0. The molecular formula is C16H22NO2S+. The lowest BCUT2D eigenvalue weighted by Crippen LogP contribution is -2.38. The van der Waals surface area contributed by atoms with Crippen molar-refractivity contribution in [2.75, 3.05) is 0 Å². The number of carbonyl (C=O) groups is 1. The molecule has 0 bridgehead atoms. The molecule has 0 aliphatic heterocycles. The van der Waals surface area contributed by atoms with Gasteiger partial charge in [0.1, 0.15) is 4.70 Å². The average molecular weight is 292 g/mol. The van der Waals surface area contributed by atoms with Gasteiger partial charge in [-0.1, -0.05) is 56.1 Å². The molecule has 0 aliphatic rings. The SMILES string of the molecule is CCCCCCCC[n+]1c(C(=O)O)sc2ccccc21. The Labute approximate surface area is 123 Å². The molecule has 2 rings (SSSR count). The fraction of sp³-hybridized carbons (Fsp3) is 0.500. The highest BCUT2D eigenvalue weighted by molar-refractivity contribution is 7.19. The van der Waals surface area contributed by atoms with E-state index in [1.165, 1.54) is 43.4 Å². The summed E-state index contributed by atoms with van der Waals surface area (Å²) >= 11 is 1.37. The summed E-state index contributed by atoms with van der Waals surface area (Å²) in [6.45, 7) is 3.02. The maximum absolute atomic E-state index is 11.4. The van der Waals surface area contributed by atoms with Crippen molar-refractivity contribution in [2.24, 2.45) is 0 Å². The fourth-order valence-electron chi connectivity index (χ4n) is 2.47. The predicted octanol–water partition coefficient (Wildman–Crippen LogP) is 4.25. The highest BCUT2D eigenvalue weighted by Gasteiger charge is 2.25. The third-order valence-electron chi connectivity index (χ3n) is 3.53. The number of hydrogen-bond acceptors (Lipinski definition) is 2. The third-order valence-corrected chi connectivity index (χ3v) is 4.68. The van der Waals surface area contributed by atoms with Crippen LogP contribution in [0.4, 0.5) is 0 Å². The minimum Gasteiger partial charge on any atom is -0.473 e. The van der Waals surface area contributed by atoms with Gasteiger partial charge in [-0.15, -0.1) is 0 Å². The van der Waals surface area contributed by atoms with Crippen LogP contribution < -0.4 is 4.57 Å². The number of fused-ring (bicyclic) bond motifs is 1. The van der Waals surface area contributed by atoms with Gasteiger partial charge >= 0.3 is 11.0 Å². The smallest absolute Gasteiger partial charge is 0.412 e. The molecule has 0 unspecified atom stereocenters. The van der Waals surface area contributed by atoms with Gasteiger partial charge in [0.05, 0.1) is 0 Å². The molecule has 1 aromatic heterocycles. The molecule has 0 spiro atoms. The zero-order chi connectivity index (χ0) is 14.4. The van der Waals surface area contributed by atoms with Gasteiger partial charge in [-0.3, -0.25) is 0 Å². The Bertz CT molecular complexity index is 577. The Morgan fingerprint density at radius 3 is 2.60 bits per heavy atom. The van der Waals surface area contributed by atoms with Crippen LogP contribution in [0.25, 0.3) is 10.2 Å². The predicted molar refractivity (Wildman–Crippen MR) is 82.4 cm³/mol. The Morgan fingerprint density at radius 1 is 1.15 bits per heavy atom. The van der Waals surface area contributed by atoms with Crippen LogP contribution >= 0.6 is 11.3 Å². The molecule has 0 amide bonds. The van der Waals surface area contributed by atoms with E-state index in [1.54, 1.807) is 0 Å². The summed E-state index contributed by atoms with van der Waals surface area (Å²) in [5, 5.41) is 9.77. The van der Waals surface area contributed by atoms with Crippen molar-refractivity contribution in [1.82, 2.24) is 0 Å². The van der Waals surface area contributed by atoms with Gasteiger partial charge in [0, 0.05) is 12.5 Å². The van der Waals surface area contributed by atoms with E-state index in [-0.39, 0.29) is 0 Å². The first-order valence-corrected chi connectivity index (χ1v) is 8.20. The molecule has 0 saturated carbocycles. The van der Waals surface area contributed by atoms with Crippen LogP contribution in [0.1, 0.15) is 55.3 Å². The lowest BCUT2D eigenvalue weighted by atomic mass is 10.1. The molecular weight excluding hydrogens is 270 g/mol. The number of rotatable bonds is 8. The van der Waals surface area contributed by atoms with Gasteiger partial charge in [-0.25, -0.2) is 4.79 Å². The molecule has 1 heterocycles. The molecule has 0 aliphatic carbocycles. The van der Waals surface area contributed by atoms with Crippen LogP contribution in [-0.4, -0.2) is 11.1 Å². The van der Waals surface area contributed by atoms with E-state index in [1.807, 2.05) is 28.8 Å². The molecule has 4 heteroatoms. The Balaban J connectivity index is 2.04. The fourth-order valence-corrected chi connectivity index (χ4v) is 3.49. The summed E-state index contributed by atoms with van der Waals surface area (Å²) in [4.78, 5) is 11.4. The number of nitrogens with zero attached hydrogens (tertiary/aromatic N) is 1.